The number of benzene rings is 1. The van der Waals surface area contributed by atoms with E-state index in [0.717, 1.165) is 36.6 Å². The number of rotatable bonds is 7. The highest BCUT2D eigenvalue weighted by Gasteiger charge is 2.30. The van der Waals surface area contributed by atoms with Crippen LogP contribution < -0.4 is 10.2 Å². The van der Waals surface area contributed by atoms with Crippen molar-refractivity contribution in [3.63, 3.8) is 0 Å². The summed E-state index contributed by atoms with van der Waals surface area (Å²) in [6, 6.07) is 10.4. The minimum atomic E-state index is -0.534. The molecule has 1 saturated heterocycles. The maximum atomic E-state index is 12.7. The van der Waals surface area contributed by atoms with Gasteiger partial charge >= 0.3 is 12.1 Å². The van der Waals surface area contributed by atoms with Crippen LogP contribution in [0.5, 0.6) is 0 Å². The summed E-state index contributed by atoms with van der Waals surface area (Å²) < 4.78 is 10.8. The zero-order valence-corrected chi connectivity index (χ0v) is 25.8. The predicted molar refractivity (Wildman–Crippen MR) is 162 cm³/mol. The number of fused-ring (bicyclic) bond motifs is 1. The highest BCUT2D eigenvalue weighted by Crippen LogP contribution is 2.32. The van der Waals surface area contributed by atoms with Crippen LogP contribution in [0.2, 0.25) is 0 Å². The molecule has 12 heteroatoms. The van der Waals surface area contributed by atoms with Crippen LogP contribution in [-0.4, -0.2) is 81.7 Å². The highest BCUT2D eigenvalue weighted by atomic mass is 32.1. The zero-order valence-electron chi connectivity index (χ0n) is 25.0. The van der Waals surface area contributed by atoms with Gasteiger partial charge in [-0.15, -0.1) is 0 Å². The van der Waals surface area contributed by atoms with Crippen LogP contribution in [0.4, 0.5) is 21.7 Å². The Morgan fingerprint density at radius 1 is 1.02 bits per heavy atom. The van der Waals surface area contributed by atoms with Crippen molar-refractivity contribution in [2.75, 3.05) is 49.5 Å². The zero-order chi connectivity index (χ0) is 29.9. The molecule has 3 aromatic rings. The van der Waals surface area contributed by atoms with E-state index in [-0.39, 0.29) is 12.1 Å². The molecule has 2 aliphatic heterocycles. The largest absolute Gasteiger partial charge is 0.462 e. The maximum absolute atomic E-state index is 12.7. The van der Waals surface area contributed by atoms with Gasteiger partial charge in [-0.2, -0.15) is 4.98 Å². The van der Waals surface area contributed by atoms with Crippen LogP contribution in [0.25, 0.3) is 0 Å². The fraction of sp³-hybridized carbons (Fsp3) is 0.500. The third kappa shape index (κ3) is 7.16. The number of piperazine rings is 1. The molecule has 0 radical (unpaired) electrons. The van der Waals surface area contributed by atoms with E-state index in [0.29, 0.717) is 61.0 Å². The van der Waals surface area contributed by atoms with Gasteiger partial charge in [-0.25, -0.2) is 19.6 Å². The first-order valence-electron chi connectivity index (χ1n) is 14.4. The Kier molecular flexibility index (Phi) is 8.93. The fourth-order valence-electron chi connectivity index (χ4n) is 5.12. The summed E-state index contributed by atoms with van der Waals surface area (Å²) >= 11 is 1.23. The standard InChI is InChI=1S/C30H39N7O4S/c1-6-40-26(38)24-20(2)31-28(42-24)34-27-32-23-19-35(18-21-10-8-7-9-11-21)13-12-22(23)25(33-27)36-14-16-37(17-15-36)29(39)41-30(3,4)5/h7-11H,6,12-19H2,1-5H3,(H,31,32,33,34). The predicted octanol–water partition coefficient (Wildman–Crippen LogP) is 4.78. The summed E-state index contributed by atoms with van der Waals surface area (Å²) in [5, 5.41) is 3.79. The minimum absolute atomic E-state index is 0.290. The molecule has 1 aromatic carbocycles. The average Bonchev–Trinajstić information content (AvgIpc) is 3.32. The first kappa shape index (κ1) is 29.7. The SMILES string of the molecule is CCOC(=O)c1sc(Nc2nc3c(c(N4CCN(C(=O)OC(C)(C)C)CC4)n2)CCN(Cc2ccccc2)C3)nc1C. The van der Waals surface area contributed by atoms with E-state index < -0.39 is 5.60 Å². The second-order valence-corrected chi connectivity index (χ2v) is 12.5. The number of ether oxygens (including phenoxy) is 2. The van der Waals surface area contributed by atoms with Gasteiger partial charge in [0, 0.05) is 51.4 Å². The molecular weight excluding hydrogens is 554 g/mol. The summed E-state index contributed by atoms with van der Waals surface area (Å²) in [5.74, 6) is 0.931. The van der Waals surface area contributed by atoms with Crippen molar-refractivity contribution in [2.45, 2.75) is 59.7 Å². The molecular formula is C30H39N7O4S. The third-order valence-electron chi connectivity index (χ3n) is 7.08. The summed E-state index contributed by atoms with van der Waals surface area (Å²) in [6.45, 7) is 14.3. The molecule has 0 spiro atoms. The molecule has 1 amide bonds. The van der Waals surface area contributed by atoms with E-state index in [1.165, 1.54) is 16.9 Å². The molecule has 0 bridgehead atoms. The van der Waals surface area contributed by atoms with Crippen molar-refractivity contribution < 1.29 is 19.1 Å². The lowest BCUT2D eigenvalue weighted by Crippen LogP contribution is -2.50. The van der Waals surface area contributed by atoms with Crippen LogP contribution in [-0.2, 0) is 29.0 Å². The number of nitrogens with zero attached hydrogens (tertiary/aromatic N) is 6. The quantitative estimate of drug-likeness (QED) is 0.384. The second kappa shape index (κ2) is 12.6. The molecule has 224 valence electrons. The lowest BCUT2D eigenvalue weighted by molar-refractivity contribution is 0.0240. The first-order chi connectivity index (χ1) is 20.1. The summed E-state index contributed by atoms with van der Waals surface area (Å²) in [5.41, 5.74) is 3.44. The molecule has 0 unspecified atom stereocenters. The number of hydrogen-bond acceptors (Lipinski definition) is 11. The molecule has 4 heterocycles. The van der Waals surface area contributed by atoms with Gasteiger partial charge in [-0.3, -0.25) is 10.2 Å². The number of carbonyl (C=O) groups excluding carboxylic acids is 2. The molecule has 0 aliphatic carbocycles. The third-order valence-corrected chi connectivity index (χ3v) is 8.13. The van der Waals surface area contributed by atoms with Gasteiger partial charge in [-0.05, 0) is 46.6 Å². The van der Waals surface area contributed by atoms with Crippen molar-refractivity contribution in [1.82, 2.24) is 24.8 Å². The summed E-state index contributed by atoms with van der Waals surface area (Å²) in [6.07, 6.45) is 0.537. The lowest BCUT2D eigenvalue weighted by Gasteiger charge is -2.38. The van der Waals surface area contributed by atoms with Gasteiger partial charge in [0.25, 0.3) is 0 Å². The van der Waals surface area contributed by atoms with Crippen molar-refractivity contribution in [3.05, 3.63) is 57.7 Å². The minimum Gasteiger partial charge on any atom is -0.462 e. The lowest BCUT2D eigenvalue weighted by atomic mass is 10.0. The Morgan fingerprint density at radius 3 is 2.45 bits per heavy atom. The monoisotopic (exact) mass is 593 g/mol. The van der Waals surface area contributed by atoms with E-state index >= 15 is 0 Å². The van der Waals surface area contributed by atoms with Gasteiger partial charge in [0.2, 0.25) is 5.95 Å². The smallest absolute Gasteiger partial charge is 0.410 e. The van der Waals surface area contributed by atoms with Gasteiger partial charge < -0.3 is 19.3 Å². The number of aromatic nitrogens is 3. The summed E-state index contributed by atoms with van der Waals surface area (Å²) in [7, 11) is 0. The van der Waals surface area contributed by atoms with Crippen LogP contribution in [0.3, 0.4) is 0 Å². The van der Waals surface area contributed by atoms with E-state index in [2.05, 4.69) is 44.4 Å². The average molecular weight is 594 g/mol. The molecule has 0 saturated carbocycles. The Balaban J connectivity index is 1.39. The first-order valence-corrected chi connectivity index (χ1v) is 15.2. The van der Waals surface area contributed by atoms with Crippen molar-refractivity contribution in [3.8, 4) is 0 Å². The van der Waals surface area contributed by atoms with Gasteiger partial charge in [0.1, 0.15) is 16.3 Å². The fourth-order valence-corrected chi connectivity index (χ4v) is 5.97. The van der Waals surface area contributed by atoms with E-state index in [4.69, 9.17) is 19.4 Å². The Labute approximate surface area is 250 Å². The van der Waals surface area contributed by atoms with Gasteiger partial charge in [0.05, 0.1) is 18.0 Å². The number of carbonyl (C=O) groups is 2. The number of nitrogens with one attached hydrogen (secondary N) is 1. The highest BCUT2D eigenvalue weighted by molar-refractivity contribution is 7.17. The molecule has 42 heavy (non-hydrogen) atoms. The van der Waals surface area contributed by atoms with Crippen molar-refractivity contribution in [2.24, 2.45) is 0 Å². The topological polar surface area (TPSA) is 113 Å². The van der Waals surface area contributed by atoms with Crippen LogP contribution in [0, 0.1) is 6.92 Å². The number of aryl methyl sites for hydroxylation is 1. The van der Waals surface area contributed by atoms with Gasteiger partial charge in [0.15, 0.2) is 5.13 Å². The number of hydrogen-bond donors (Lipinski definition) is 1. The normalized spacial score (nSPS) is 15.7. The molecule has 0 atom stereocenters. The maximum Gasteiger partial charge on any atom is 0.410 e. The van der Waals surface area contributed by atoms with Crippen LogP contribution in [0.15, 0.2) is 30.3 Å². The molecule has 1 N–H and O–H groups in total. The van der Waals surface area contributed by atoms with Crippen LogP contribution >= 0.6 is 11.3 Å². The van der Waals surface area contributed by atoms with E-state index in [9.17, 15) is 9.59 Å². The number of esters is 1. The van der Waals surface area contributed by atoms with Crippen LogP contribution in [0.1, 0.15) is 59.9 Å². The number of amides is 1. The molecule has 2 aliphatic rings. The second-order valence-electron chi connectivity index (χ2n) is 11.5. The summed E-state index contributed by atoms with van der Waals surface area (Å²) in [4.78, 5) is 46.3. The molecule has 11 nitrogen and oxygen atoms in total. The Morgan fingerprint density at radius 2 is 1.76 bits per heavy atom. The molecule has 5 rings (SSSR count). The Bertz CT molecular complexity index is 1420. The van der Waals surface area contributed by atoms with Gasteiger partial charge in [-0.1, -0.05) is 41.7 Å². The van der Waals surface area contributed by atoms with E-state index in [1.807, 2.05) is 26.8 Å². The van der Waals surface area contributed by atoms with Crippen molar-refractivity contribution in [1.29, 1.82) is 0 Å². The van der Waals surface area contributed by atoms with E-state index in [1.54, 1.807) is 18.7 Å². The Hall–Kier alpha value is -3.77. The number of thiazole rings is 1. The molecule has 2 aromatic heterocycles. The number of anilines is 3. The van der Waals surface area contributed by atoms with Crippen molar-refractivity contribution >= 4 is 40.3 Å². The molecule has 1 fully saturated rings.